The largest absolute Gasteiger partial charge is 0.508 e. The smallest absolute Gasteiger partial charge is 0.341 e. The zero-order valence-electron chi connectivity index (χ0n) is 24.4. The van der Waals surface area contributed by atoms with Gasteiger partial charge in [-0.1, -0.05) is 36.4 Å². The molecule has 4 rings (SSSR count). The average Bonchev–Trinajstić information content (AvgIpc) is 2.95. The Morgan fingerprint density at radius 2 is 1.61 bits per heavy atom. The van der Waals surface area contributed by atoms with Gasteiger partial charge in [0.1, 0.15) is 11.5 Å². The number of carboxylic acids is 1. The van der Waals surface area contributed by atoms with Gasteiger partial charge in [0.05, 0.1) is 6.04 Å². The van der Waals surface area contributed by atoms with E-state index in [1.54, 1.807) is 12.1 Å². The average molecular weight is 560 g/mol. The third-order valence-electron chi connectivity index (χ3n) is 7.83. The molecule has 0 radical (unpaired) electrons. The predicted octanol–water partition coefficient (Wildman–Crippen LogP) is 5.02. The molecule has 0 saturated carbocycles. The van der Waals surface area contributed by atoms with E-state index in [9.17, 15) is 14.7 Å². The van der Waals surface area contributed by atoms with E-state index in [1.165, 1.54) is 0 Å². The Labute approximate surface area is 242 Å². The van der Waals surface area contributed by atoms with Crippen molar-refractivity contribution in [3.05, 3.63) is 95.1 Å². The van der Waals surface area contributed by atoms with Crippen LogP contribution in [0.25, 0.3) is 0 Å². The number of aliphatic carboxylic acids is 1. The fourth-order valence-corrected chi connectivity index (χ4v) is 5.72. The summed E-state index contributed by atoms with van der Waals surface area (Å²) in [6.45, 7) is 11.7. The minimum Gasteiger partial charge on any atom is -0.508 e. The van der Waals surface area contributed by atoms with Gasteiger partial charge in [-0.15, -0.1) is 0 Å². The van der Waals surface area contributed by atoms with Gasteiger partial charge in [-0.05, 0) is 80.8 Å². The van der Waals surface area contributed by atoms with Crippen LogP contribution in [0.3, 0.4) is 0 Å². The number of carbonyl (C=O) groups is 2. The van der Waals surface area contributed by atoms with Gasteiger partial charge in [0.2, 0.25) is 0 Å². The summed E-state index contributed by atoms with van der Waals surface area (Å²) in [5, 5.41) is 19.3. The summed E-state index contributed by atoms with van der Waals surface area (Å²) in [5.74, 6) is -0.218. The highest BCUT2D eigenvalue weighted by molar-refractivity contribution is 5.94. The van der Waals surface area contributed by atoms with E-state index in [2.05, 4.69) is 29.7 Å². The Morgan fingerprint density at radius 3 is 2.29 bits per heavy atom. The van der Waals surface area contributed by atoms with Crippen LogP contribution >= 0.6 is 0 Å². The molecule has 3 aromatic rings. The number of benzene rings is 3. The molecule has 0 aromatic heterocycles. The summed E-state index contributed by atoms with van der Waals surface area (Å²) < 4.78 is 5.38. The molecule has 1 aliphatic heterocycles. The zero-order valence-corrected chi connectivity index (χ0v) is 24.4. The summed E-state index contributed by atoms with van der Waals surface area (Å²) in [4.78, 5) is 30.8. The van der Waals surface area contributed by atoms with Gasteiger partial charge in [-0.2, -0.15) is 0 Å². The second-order valence-electron chi connectivity index (χ2n) is 10.8. The highest BCUT2D eigenvalue weighted by Crippen LogP contribution is 2.35. The number of phenolic OH excluding ortho intramolecular Hbond substituents is 1. The second kappa shape index (κ2) is 13.7. The first kappa shape index (κ1) is 30.1. The summed E-state index contributed by atoms with van der Waals surface area (Å²) in [7, 11) is 0. The Morgan fingerprint density at radius 1 is 0.927 bits per heavy atom. The van der Waals surface area contributed by atoms with Crippen molar-refractivity contribution in [1.82, 2.24) is 14.7 Å². The van der Waals surface area contributed by atoms with Crippen molar-refractivity contribution in [3.63, 3.8) is 0 Å². The Kier molecular flexibility index (Phi) is 10.0. The number of aromatic hydroxyl groups is 1. The van der Waals surface area contributed by atoms with Crippen molar-refractivity contribution in [2.75, 3.05) is 32.8 Å². The lowest BCUT2D eigenvalue weighted by atomic mass is 9.92. The normalized spacial score (nSPS) is 18.5. The minimum atomic E-state index is -1.00. The van der Waals surface area contributed by atoms with Crippen molar-refractivity contribution in [3.8, 4) is 11.5 Å². The number of carbonyl (C=O) groups excluding carboxylic acids is 1. The van der Waals surface area contributed by atoms with Crippen LogP contribution in [0.15, 0.2) is 72.8 Å². The van der Waals surface area contributed by atoms with E-state index in [-0.39, 0.29) is 36.4 Å². The Hall–Kier alpha value is -3.88. The molecule has 3 atom stereocenters. The maximum absolute atomic E-state index is 13.2. The third kappa shape index (κ3) is 7.45. The molecule has 218 valence electrons. The van der Waals surface area contributed by atoms with Crippen LogP contribution < -0.4 is 4.74 Å². The topological polar surface area (TPSA) is 93.6 Å². The molecule has 3 aromatic carbocycles. The van der Waals surface area contributed by atoms with E-state index < -0.39 is 5.97 Å². The molecule has 8 nitrogen and oxygen atoms in total. The molecule has 2 N–H and O–H groups in total. The molecule has 0 aliphatic carbocycles. The lowest BCUT2D eigenvalue weighted by Gasteiger charge is -2.47. The molecule has 1 aliphatic rings. The second-order valence-corrected chi connectivity index (χ2v) is 10.8. The van der Waals surface area contributed by atoms with Crippen LogP contribution in [-0.4, -0.2) is 81.7 Å². The highest BCUT2D eigenvalue weighted by Gasteiger charge is 2.35. The van der Waals surface area contributed by atoms with Crippen LogP contribution in [-0.2, 0) is 11.3 Å². The lowest BCUT2D eigenvalue weighted by Crippen LogP contribution is -2.56. The molecule has 41 heavy (non-hydrogen) atoms. The van der Waals surface area contributed by atoms with E-state index in [4.69, 9.17) is 9.84 Å². The van der Waals surface area contributed by atoms with Gasteiger partial charge >= 0.3 is 5.97 Å². The van der Waals surface area contributed by atoms with E-state index in [0.29, 0.717) is 30.9 Å². The van der Waals surface area contributed by atoms with Crippen LogP contribution in [0, 0.1) is 0 Å². The molecule has 1 fully saturated rings. The molecule has 0 spiro atoms. The summed E-state index contributed by atoms with van der Waals surface area (Å²) in [6.07, 6.45) is 0. The lowest BCUT2D eigenvalue weighted by molar-refractivity contribution is -0.139. The van der Waals surface area contributed by atoms with Crippen LogP contribution in [0.2, 0.25) is 0 Å². The monoisotopic (exact) mass is 559 g/mol. The van der Waals surface area contributed by atoms with Crippen molar-refractivity contribution in [2.45, 2.75) is 52.4 Å². The van der Waals surface area contributed by atoms with Gasteiger partial charge in [0, 0.05) is 50.4 Å². The summed E-state index contributed by atoms with van der Waals surface area (Å²) in [5.41, 5.74) is 3.73. The first-order valence-corrected chi connectivity index (χ1v) is 14.3. The molecular formula is C33H41N3O5. The van der Waals surface area contributed by atoms with E-state index in [1.807, 2.05) is 73.3 Å². The third-order valence-corrected chi connectivity index (χ3v) is 7.83. The standard InChI is InChI=1S/C33H41N3O5/c1-5-34(6-2)33(40)28-13-8-11-26(17-28)32(27-12-9-14-29(37)18-27)36-20-23(3)35(19-24(36)4)21-25-10-7-15-30(16-25)41-22-31(38)39/h7-18,23-24,32,37H,5-6,19-22H2,1-4H3,(H,38,39)/t23-,24+,32-/m1/s1. The maximum atomic E-state index is 13.2. The molecule has 0 bridgehead atoms. The van der Waals surface area contributed by atoms with Gasteiger partial charge < -0.3 is 19.8 Å². The van der Waals surface area contributed by atoms with Crippen LogP contribution in [0.4, 0.5) is 0 Å². The number of nitrogens with zero attached hydrogens (tertiary/aromatic N) is 3. The number of phenols is 1. The van der Waals surface area contributed by atoms with Crippen molar-refractivity contribution < 1.29 is 24.5 Å². The summed E-state index contributed by atoms with van der Waals surface area (Å²) in [6, 6.07) is 23.1. The highest BCUT2D eigenvalue weighted by atomic mass is 16.5. The number of hydrogen-bond acceptors (Lipinski definition) is 6. The molecular weight excluding hydrogens is 518 g/mol. The zero-order chi connectivity index (χ0) is 29.5. The number of piperazine rings is 1. The van der Waals surface area contributed by atoms with E-state index in [0.717, 1.165) is 29.8 Å². The van der Waals surface area contributed by atoms with Crippen molar-refractivity contribution in [1.29, 1.82) is 0 Å². The number of rotatable bonds is 11. The SMILES string of the molecule is CCN(CC)C(=O)c1cccc([C@H](c2cccc(O)c2)N2C[C@@H](C)N(Cc3cccc(OCC(=O)O)c3)C[C@@H]2C)c1. The van der Waals surface area contributed by atoms with Crippen LogP contribution in [0.5, 0.6) is 11.5 Å². The predicted molar refractivity (Wildman–Crippen MR) is 159 cm³/mol. The molecule has 1 saturated heterocycles. The Balaban J connectivity index is 1.60. The molecule has 8 heteroatoms. The van der Waals surface area contributed by atoms with E-state index >= 15 is 0 Å². The fourth-order valence-electron chi connectivity index (χ4n) is 5.72. The van der Waals surface area contributed by atoms with Crippen molar-refractivity contribution >= 4 is 11.9 Å². The molecule has 0 unspecified atom stereocenters. The first-order valence-electron chi connectivity index (χ1n) is 14.3. The number of ether oxygens (including phenoxy) is 1. The first-order chi connectivity index (χ1) is 19.7. The Bertz CT molecular complexity index is 1340. The van der Waals surface area contributed by atoms with Gasteiger partial charge in [0.15, 0.2) is 6.61 Å². The van der Waals surface area contributed by atoms with Crippen molar-refractivity contribution in [2.24, 2.45) is 0 Å². The molecule has 1 heterocycles. The van der Waals surface area contributed by atoms with Crippen LogP contribution in [0.1, 0.15) is 60.8 Å². The summed E-state index contributed by atoms with van der Waals surface area (Å²) >= 11 is 0. The fraction of sp³-hybridized carbons (Fsp3) is 0.394. The quantitative estimate of drug-likeness (QED) is 0.341. The molecule has 1 amide bonds. The number of carboxylic acid groups (broad SMARTS) is 1. The number of amides is 1. The number of hydrogen-bond donors (Lipinski definition) is 2. The van der Waals surface area contributed by atoms with Gasteiger partial charge in [0.25, 0.3) is 5.91 Å². The maximum Gasteiger partial charge on any atom is 0.341 e. The van der Waals surface area contributed by atoms with Gasteiger partial charge in [-0.25, -0.2) is 4.79 Å². The minimum absolute atomic E-state index is 0.0207. The van der Waals surface area contributed by atoms with Gasteiger partial charge in [-0.3, -0.25) is 14.6 Å².